The lowest BCUT2D eigenvalue weighted by molar-refractivity contribution is -0.215. The summed E-state index contributed by atoms with van der Waals surface area (Å²) in [6, 6.07) is 9.21. The van der Waals surface area contributed by atoms with Gasteiger partial charge < -0.3 is 4.74 Å². The molecule has 0 saturated carbocycles. The van der Waals surface area contributed by atoms with Crippen molar-refractivity contribution < 1.29 is 24.0 Å². The van der Waals surface area contributed by atoms with Crippen LogP contribution in [0.25, 0.3) is 0 Å². The van der Waals surface area contributed by atoms with Crippen molar-refractivity contribution >= 4 is 17.8 Å². The number of piperidine rings is 1. The number of hydrogen-bond acceptors (Lipinski definition) is 5. The summed E-state index contributed by atoms with van der Waals surface area (Å²) in [6.45, 7) is 3.69. The summed E-state index contributed by atoms with van der Waals surface area (Å²) in [4.78, 5) is 42.4. The first kappa shape index (κ1) is 17.1. The Balaban J connectivity index is 2.16. The van der Waals surface area contributed by atoms with Gasteiger partial charge in [0.2, 0.25) is 0 Å². The van der Waals surface area contributed by atoms with Gasteiger partial charge in [-0.1, -0.05) is 37.3 Å². The molecule has 6 heteroatoms. The Kier molecular flexibility index (Phi) is 5.50. The Hall–Kier alpha value is -2.21. The second-order valence-corrected chi connectivity index (χ2v) is 5.41. The molecule has 1 heterocycles. The Morgan fingerprint density at radius 2 is 1.91 bits per heavy atom. The van der Waals surface area contributed by atoms with Gasteiger partial charge in [0.25, 0.3) is 11.8 Å². The predicted octanol–water partition coefficient (Wildman–Crippen LogP) is 2.23. The largest absolute Gasteiger partial charge is 0.465 e. The number of ether oxygens (including phenoxy) is 1. The van der Waals surface area contributed by atoms with Crippen LogP contribution in [-0.4, -0.2) is 29.5 Å². The molecule has 1 aromatic rings. The molecule has 0 radical (unpaired) electrons. The summed E-state index contributed by atoms with van der Waals surface area (Å²) in [5.74, 6) is -1.65. The number of carbonyl (C=O) groups is 3. The summed E-state index contributed by atoms with van der Waals surface area (Å²) < 4.78 is 5.04. The topological polar surface area (TPSA) is 72.9 Å². The van der Waals surface area contributed by atoms with E-state index in [1.54, 1.807) is 13.8 Å². The molecule has 1 unspecified atom stereocenters. The van der Waals surface area contributed by atoms with Crippen molar-refractivity contribution in [3.63, 3.8) is 0 Å². The SMILES string of the molecule is CCOC(=O)C1(CC)CCC(=O)N(OCc2ccccc2)C1=O. The van der Waals surface area contributed by atoms with Gasteiger partial charge in [-0.15, -0.1) is 0 Å². The first-order valence-electron chi connectivity index (χ1n) is 7.76. The van der Waals surface area contributed by atoms with Gasteiger partial charge in [0.15, 0.2) is 0 Å². The third kappa shape index (κ3) is 3.42. The van der Waals surface area contributed by atoms with Crippen molar-refractivity contribution in [3.8, 4) is 0 Å². The maximum Gasteiger partial charge on any atom is 0.321 e. The Labute approximate surface area is 135 Å². The number of carbonyl (C=O) groups excluding carboxylic acids is 3. The van der Waals surface area contributed by atoms with Crippen molar-refractivity contribution in [2.75, 3.05) is 6.61 Å². The van der Waals surface area contributed by atoms with Crippen LogP contribution in [0, 0.1) is 5.41 Å². The van der Waals surface area contributed by atoms with Crippen LogP contribution in [0.4, 0.5) is 0 Å². The first-order valence-corrected chi connectivity index (χ1v) is 7.76. The fourth-order valence-corrected chi connectivity index (χ4v) is 2.61. The van der Waals surface area contributed by atoms with E-state index in [2.05, 4.69) is 0 Å². The monoisotopic (exact) mass is 319 g/mol. The van der Waals surface area contributed by atoms with E-state index in [1.807, 2.05) is 30.3 Å². The molecule has 1 aliphatic rings. The second kappa shape index (κ2) is 7.37. The second-order valence-electron chi connectivity index (χ2n) is 5.41. The van der Waals surface area contributed by atoms with Crippen LogP contribution < -0.4 is 0 Å². The van der Waals surface area contributed by atoms with Gasteiger partial charge in [0.1, 0.15) is 12.0 Å². The van der Waals surface area contributed by atoms with E-state index in [9.17, 15) is 14.4 Å². The van der Waals surface area contributed by atoms with Gasteiger partial charge in [0.05, 0.1) is 6.61 Å². The molecule has 1 aromatic carbocycles. The Morgan fingerprint density at radius 3 is 2.52 bits per heavy atom. The number of hydrogen-bond donors (Lipinski definition) is 0. The highest BCUT2D eigenvalue weighted by atomic mass is 16.7. The lowest BCUT2D eigenvalue weighted by Crippen LogP contribution is -2.55. The summed E-state index contributed by atoms with van der Waals surface area (Å²) in [6.07, 6.45) is 0.502. The molecule has 1 saturated heterocycles. The average Bonchev–Trinajstić information content (AvgIpc) is 2.56. The Morgan fingerprint density at radius 1 is 1.22 bits per heavy atom. The maximum absolute atomic E-state index is 12.7. The molecule has 2 rings (SSSR count). The van der Waals surface area contributed by atoms with E-state index in [0.29, 0.717) is 0 Å². The molecule has 2 amide bonds. The highest BCUT2D eigenvalue weighted by Crippen LogP contribution is 2.37. The normalized spacial score (nSPS) is 21.4. The van der Waals surface area contributed by atoms with Crippen LogP contribution in [0.15, 0.2) is 30.3 Å². The van der Waals surface area contributed by atoms with Crippen molar-refractivity contribution in [2.24, 2.45) is 5.41 Å². The zero-order chi connectivity index (χ0) is 16.9. The number of rotatable bonds is 6. The lowest BCUT2D eigenvalue weighted by atomic mass is 9.77. The number of amides is 2. The van der Waals surface area contributed by atoms with E-state index in [4.69, 9.17) is 9.57 Å². The maximum atomic E-state index is 12.7. The number of esters is 1. The minimum Gasteiger partial charge on any atom is -0.465 e. The molecule has 0 aliphatic carbocycles. The van der Waals surface area contributed by atoms with E-state index < -0.39 is 23.2 Å². The molecule has 23 heavy (non-hydrogen) atoms. The molecule has 1 aliphatic heterocycles. The van der Waals surface area contributed by atoms with Crippen LogP contribution in [0.1, 0.15) is 38.7 Å². The molecule has 0 aromatic heterocycles. The zero-order valence-electron chi connectivity index (χ0n) is 13.4. The lowest BCUT2D eigenvalue weighted by Gasteiger charge is -2.36. The van der Waals surface area contributed by atoms with Crippen LogP contribution >= 0.6 is 0 Å². The van der Waals surface area contributed by atoms with Gasteiger partial charge >= 0.3 is 5.97 Å². The number of imide groups is 1. The van der Waals surface area contributed by atoms with Gasteiger partial charge in [-0.25, -0.2) is 0 Å². The summed E-state index contributed by atoms with van der Waals surface area (Å²) in [5.41, 5.74) is -0.502. The summed E-state index contributed by atoms with van der Waals surface area (Å²) >= 11 is 0. The summed E-state index contributed by atoms with van der Waals surface area (Å²) in [7, 11) is 0. The average molecular weight is 319 g/mol. The van der Waals surface area contributed by atoms with Gasteiger partial charge in [-0.05, 0) is 25.3 Å². The molecule has 0 spiro atoms. The fourth-order valence-electron chi connectivity index (χ4n) is 2.61. The molecule has 124 valence electrons. The van der Waals surface area contributed by atoms with Crippen molar-refractivity contribution in [1.82, 2.24) is 5.06 Å². The third-order valence-corrected chi connectivity index (χ3v) is 4.06. The highest BCUT2D eigenvalue weighted by Gasteiger charge is 2.53. The number of nitrogens with zero attached hydrogens (tertiary/aromatic N) is 1. The standard InChI is InChI=1S/C17H21NO5/c1-3-17(16(21)22-4-2)11-10-14(19)18(15(17)20)23-12-13-8-6-5-7-9-13/h5-9H,3-4,10-12H2,1-2H3. The third-order valence-electron chi connectivity index (χ3n) is 4.06. The van der Waals surface area contributed by atoms with E-state index >= 15 is 0 Å². The van der Waals surface area contributed by atoms with Crippen LogP contribution in [0.5, 0.6) is 0 Å². The van der Waals surface area contributed by atoms with Gasteiger partial charge in [-0.2, -0.15) is 5.06 Å². The summed E-state index contributed by atoms with van der Waals surface area (Å²) in [5, 5.41) is 0.733. The van der Waals surface area contributed by atoms with E-state index in [-0.39, 0.29) is 32.5 Å². The number of benzene rings is 1. The molecule has 1 atom stereocenters. The minimum atomic E-state index is -1.33. The Bertz CT molecular complexity index is 586. The van der Waals surface area contributed by atoms with Gasteiger partial charge in [-0.3, -0.25) is 19.2 Å². The zero-order valence-corrected chi connectivity index (χ0v) is 13.4. The van der Waals surface area contributed by atoms with Crippen LogP contribution in [0.2, 0.25) is 0 Å². The quantitative estimate of drug-likeness (QED) is 0.457. The van der Waals surface area contributed by atoms with E-state index in [1.165, 1.54) is 0 Å². The molecule has 0 bridgehead atoms. The molecular formula is C17H21NO5. The fraction of sp³-hybridized carbons (Fsp3) is 0.471. The number of hydroxylamine groups is 2. The van der Waals surface area contributed by atoms with Crippen LogP contribution in [0.3, 0.4) is 0 Å². The minimum absolute atomic E-state index is 0.0766. The molecular weight excluding hydrogens is 298 g/mol. The molecule has 1 fully saturated rings. The van der Waals surface area contributed by atoms with Gasteiger partial charge in [0, 0.05) is 6.42 Å². The van der Waals surface area contributed by atoms with Crippen molar-refractivity contribution in [3.05, 3.63) is 35.9 Å². The smallest absolute Gasteiger partial charge is 0.321 e. The van der Waals surface area contributed by atoms with E-state index in [0.717, 1.165) is 10.6 Å². The van der Waals surface area contributed by atoms with Crippen LogP contribution in [-0.2, 0) is 30.6 Å². The van der Waals surface area contributed by atoms with Crippen molar-refractivity contribution in [1.29, 1.82) is 0 Å². The highest BCUT2D eigenvalue weighted by molar-refractivity contribution is 6.10. The predicted molar refractivity (Wildman–Crippen MR) is 81.7 cm³/mol. The molecule has 0 N–H and O–H groups in total. The van der Waals surface area contributed by atoms with Crippen molar-refractivity contribution in [2.45, 2.75) is 39.7 Å². The first-order chi connectivity index (χ1) is 11.0. The molecule has 6 nitrogen and oxygen atoms in total.